The summed E-state index contributed by atoms with van der Waals surface area (Å²) in [5.41, 5.74) is 2.90. The Hall–Kier alpha value is -3.12. The maximum absolute atomic E-state index is 12.1. The number of benzene rings is 3. The molecular weight excluding hydrogens is 408 g/mol. The third-order valence-corrected chi connectivity index (χ3v) is 5.15. The lowest BCUT2D eigenvalue weighted by atomic mass is 10.1. The third kappa shape index (κ3) is 6.69. The molecule has 0 fully saturated rings. The SMILES string of the molecule is COc1ccc(-c2cccc(Oc3ccc(C)cc3SNC(=O)NC(C)(C)C)c2)cc1. The fourth-order valence-electron chi connectivity index (χ4n) is 2.90. The molecule has 0 atom stereocenters. The maximum atomic E-state index is 12.1. The summed E-state index contributed by atoms with van der Waals surface area (Å²) < 4.78 is 14.3. The number of hydrogen-bond donors (Lipinski definition) is 2. The summed E-state index contributed by atoms with van der Waals surface area (Å²) in [4.78, 5) is 13.0. The van der Waals surface area contributed by atoms with E-state index in [0.29, 0.717) is 5.75 Å². The topological polar surface area (TPSA) is 59.6 Å². The van der Waals surface area contributed by atoms with Crippen LogP contribution in [0.4, 0.5) is 4.79 Å². The second-order valence-corrected chi connectivity index (χ2v) is 9.06. The predicted molar refractivity (Wildman–Crippen MR) is 127 cm³/mol. The zero-order valence-electron chi connectivity index (χ0n) is 18.5. The Balaban J connectivity index is 1.77. The second-order valence-electron chi connectivity index (χ2n) is 8.22. The Kier molecular flexibility index (Phi) is 7.13. The van der Waals surface area contributed by atoms with Gasteiger partial charge in [-0.25, -0.2) is 4.79 Å². The van der Waals surface area contributed by atoms with E-state index in [4.69, 9.17) is 9.47 Å². The summed E-state index contributed by atoms with van der Waals surface area (Å²) in [6, 6.07) is 21.5. The lowest BCUT2D eigenvalue weighted by molar-refractivity contribution is 0.238. The molecule has 2 N–H and O–H groups in total. The standard InChI is InChI=1S/C25H28N2O3S/c1-17-9-14-22(23(15-17)31-27-24(28)26-25(2,3)4)30-21-8-6-7-19(16-21)18-10-12-20(29-5)13-11-18/h6-16H,1-5H3,(H2,26,27,28). The van der Waals surface area contributed by atoms with Crippen molar-refractivity contribution >= 4 is 18.0 Å². The van der Waals surface area contributed by atoms with Crippen molar-refractivity contribution in [2.24, 2.45) is 0 Å². The van der Waals surface area contributed by atoms with Crippen LogP contribution in [0.2, 0.25) is 0 Å². The number of urea groups is 1. The fourth-order valence-corrected chi connectivity index (χ4v) is 3.61. The van der Waals surface area contributed by atoms with Gasteiger partial charge in [0.1, 0.15) is 17.2 Å². The minimum Gasteiger partial charge on any atom is -0.497 e. The molecule has 3 aromatic carbocycles. The van der Waals surface area contributed by atoms with Gasteiger partial charge in [-0.3, -0.25) is 4.72 Å². The van der Waals surface area contributed by atoms with Gasteiger partial charge in [-0.2, -0.15) is 0 Å². The molecule has 162 valence electrons. The molecule has 0 bridgehead atoms. The first-order valence-electron chi connectivity index (χ1n) is 10.0. The highest BCUT2D eigenvalue weighted by molar-refractivity contribution is 7.98. The van der Waals surface area contributed by atoms with E-state index in [2.05, 4.69) is 10.0 Å². The highest BCUT2D eigenvalue weighted by atomic mass is 32.2. The van der Waals surface area contributed by atoms with E-state index in [-0.39, 0.29) is 11.6 Å². The number of hydrogen-bond acceptors (Lipinski definition) is 4. The largest absolute Gasteiger partial charge is 0.497 e. The first kappa shape index (κ1) is 22.6. The van der Waals surface area contributed by atoms with Crippen molar-refractivity contribution in [2.45, 2.75) is 38.1 Å². The van der Waals surface area contributed by atoms with Crippen LogP contribution in [0.5, 0.6) is 17.2 Å². The van der Waals surface area contributed by atoms with E-state index in [1.165, 1.54) is 11.9 Å². The average Bonchev–Trinajstić information content (AvgIpc) is 2.73. The molecule has 0 aromatic heterocycles. The number of ether oxygens (including phenoxy) is 2. The summed E-state index contributed by atoms with van der Waals surface area (Å²) in [7, 11) is 1.66. The minimum absolute atomic E-state index is 0.244. The molecule has 0 spiro atoms. The Morgan fingerprint density at radius 2 is 1.65 bits per heavy atom. The van der Waals surface area contributed by atoms with Crippen LogP contribution >= 0.6 is 11.9 Å². The molecule has 5 nitrogen and oxygen atoms in total. The zero-order valence-corrected chi connectivity index (χ0v) is 19.3. The van der Waals surface area contributed by atoms with E-state index in [9.17, 15) is 4.79 Å². The Labute approximate surface area is 188 Å². The number of rotatable bonds is 6. The molecule has 0 aliphatic carbocycles. The van der Waals surface area contributed by atoms with E-state index in [1.807, 2.05) is 94.4 Å². The van der Waals surface area contributed by atoms with Gasteiger partial charge in [0.05, 0.1) is 12.0 Å². The van der Waals surface area contributed by atoms with Gasteiger partial charge in [0.2, 0.25) is 0 Å². The van der Waals surface area contributed by atoms with Crippen molar-refractivity contribution in [3.05, 3.63) is 72.3 Å². The fraction of sp³-hybridized carbons (Fsp3) is 0.240. The molecule has 2 amide bonds. The van der Waals surface area contributed by atoms with Gasteiger partial charge in [-0.15, -0.1) is 0 Å². The minimum atomic E-state index is -0.307. The molecule has 0 aliphatic rings. The summed E-state index contributed by atoms with van der Waals surface area (Å²) >= 11 is 1.23. The normalized spacial score (nSPS) is 11.0. The van der Waals surface area contributed by atoms with Crippen LogP contribution in [0.1, 0.15) is 26.3 Å². The van der Waals surface area contributed by atoms with Gasteiger partial charge in [0.25, 0.3) is 0 Å². The summed E-state index contributed by atoms with van der Waals surface area (Å²) in [5.74, 6) is 2.22. The first-order valence-corrected chi connectivity index (χ1v) is 10.8. The van der Waals surface area contributed by atoms with Crippen LogP contribution in [0, 0.1) is 6.92 Å². The third-order valence-electron chi connectivity index (χ3n) is 4.33. The van der Waals surface area contributed by atoms with Crippen molar-refractivity contribution in [2.75, 3.05) is 7.11 Å². The van der Waals surface area contributed by atoms with Crippen LogP contribution in [0.25, 0.3) is 11.1 Å². The molecule has 3 rings (SSSR count). The van der Waals surface area contributed by atoms with Gasteiger partial charge in [0.15, 0.2) is 0 Å². The molecular formula is C25H28N2O3S. The van der Waals surface area contributed by atoms with Crippen molar-refractivity contribution in [3.8, 4) is 28.4 Å². The first-order chi connectivity index (χ1) is 14.7. The molecule has 6 heteroatoms. The zero-order chi connectivity index (χ0) is 22.4. The Bertz CT molecular complexity index is 1040. The van der Waals surface area contributed by atoms with Gasteiger partial charge < -0.3 is 14.8 Å². The van der Waals surface area contributed by atoms with E-state index in [0.717, 1.165) is 33.1 Å². The molecule has 0 heterocycles. The lowest BCUT2D eigenvalue weighted by Crippen LogP contribution is -2.44. The van der Waals surface area contributed by atoms with Crippen molar-refractivity contribution < 1.29 is 14.3 Å². The van der Waals surface area contributed by atoms with E-state index in [1.54, 1.807) is 7.11 Å². The quantitative estimate of drug-likeness (QED) is 0.429. The highest BCUT2D eigenvalue weighted by Gasteiger charge is 2.15. The Morgan fingerprint density at radius 1 is 0.903 bits per heavy atom. The molecule has 3 aromatic rings. The predicted octanol–water partition coefficient (Wildman–Crippen LogP) is 6.57. The van der Waals surface area contributed by atoms with Crippen LogP contribution in [-0.4, -0.2) is 18.7 Å². The molecule has 0 saturated carbocycles. The summed E-state index contributed by atoms with van der Waals surface area (Å²) in [5, 5.41) is 2.89. The smallest absolute Gasteiger partial charge is 0.325 e. The monoisotopic (exact) mass is 436 g/mol. The number of nitrogens with one attached hydrogen (secondary N) is 2. The molecule has 0 radical (unpaired) electrons. The number of carbonyl (C=O) groups excluding carboxylic acids is 1. The maximum Gasteiger partial charge on any atom is 0.325 e. The van der Waals surface area contributed by atoms with E-state index >= 15 is 0 Å². The summed E-state index contributed by atoms with van der Waals surface area (Å²) in [6.45, 7) is 7.82. The number of methoxy groups -OCH3 is 1. The number of amides is 2. The van der Waals surface area contributed by atoms with Crippen molar-refractivity contribution in [3.63, 3.8) is 0 Å². The average molecular weight is 437 g/mol. The molecule has 0 aliphatic heterocycles. The van der Waals surface area contributed by atoms with Crippen LogP contribution < -0.4 is 19.5 Å². The summed E-state index contributed by atoms with van der Waals surface area (Å²) in [6.07, 6.45) is 0. The van der Waals surface area contributed by atoms with Crippen LogP contribution in [-0.2, 0) is 0 Å². The lowest BCUT2D eigenvalue weighted by Gasteiger charge is -2.20. The van der Waals surface area contributed by atoms with Gasteiger partial charge in [-0.1, -0.05) is 30.3 Å². The van der Waals surface area contributed by atoms with Crippen molar-refractivity contribution in [1.82, 2.24) is 10.0 Å². The van der Waals surface area contributed by atoms with Gasteiger partial charge >= 0.3 is 6.03 Å². The number of aryl methyl sites for hydroxylation is 1. The van der Waals surface area contributed by atoms with Gasteiger partial charge in [0, 0.05) is 5.54 Å². The van der Waals surface area contributed by atoms with Crippen LogP contribution in [0.3, 0.4) is 0 Å². The van der Waals surface area contributed by atoms with Gasteiger partial charge in [-0.05, 0) is 92.7 Å². The molecule has 0 unspecified atom stereocenters. The molecule has 0 saturated heterocycles. The second kappa shape index (κ2) is 9.79. The van der Waals surface area contributed by atoms with Crippen molar-refractivity contribution in [1.29, 1.82) is 0 Å². The van der Waals surface area contributed by atoms with Crippen LogP contribution in [0.15, 0.2) is 71.6 Å². The highest BCUT2D eigenvalue weighted by Crippen LogP contribution is 2.34. The van der Waals surface area contributed by atoms with E-state index < -0.39 is 0 Å². The molecule has 31 heavy (non-hydrogen) atoms. The number of carbonyl (C=O) groups is 1. The Morgan fingerprint density at radius 3 is 2.32 bits per heavy atom.